The summed E-state index contributed by atoms with van der Waals surface area (Å²) in [5.41, 5.74) is 1.34. The van der Waals surface area contributed by atoms with Gasteiger partial charge >= 0.3 is 0 Å². The number of anilines is 4. The number of nitrogens with one attached hydrogen (secondary N) is 3. The molecule has 11 nitrogen and oxygen atoms in total. The van der Waals surface area contributed by atoms with Gasteiger partial charge in [0.1, 0.15) is 0 Å². The zero-order valence-electron chi connectivity index (χ0n) is 21.0. The number of carbonyl (C=O) groups is 1. The molecule has 0 bridgehead atoms. The van der Waals surface area contributed by atoms with Crippen molar-refractivity contribution in [3.05, 3.63) is 66.0 Å². The van der Waals surface area contributed by atoms with Crippen LogP contribution in [0.25, 0.3) is 11.4 Å². The van der Waals surface area contributed by atoms with Gasteiger partial charge < -0.3 is 20.7 Å². The van der Waals surface area contributed by atoms with Crippen LogP contribution in [0.2, 0.25) is 0 Å². The minimum atomic E-state index is -2.75. The topological polar surface area (TPSA) is 140 Å². The number of halogens is 1. The van der Waals surface area contributed by atoms with E-state index in [2.05, 4.69) is 41.0 Å². The van der Waals surface area contributed by atoms with E-state index in [0.717, 1.165) is 12.4 Å². The van der Waals surface area contributed by atoms with Crippen LogP contribution in [0.15, 0.2) is 48.8 Å². The fourth-order valence-corrected chi connectivity index (χ4v) is 3.00. The van der Waals surface area contributed by atoms with Crippen LogP contribution < -0.4 is 20.7 Å². The van der Waals surface area contributed by atoms with E-state index in [1.165, 1.54) is 13.2 Å². The molecule has 0 fully saturated rings. The molecule has 1 amide bonds. The van der Waals surface area contributed by atoms with Crippen LogP contribution >= 0.6 is 0 Å². The van der Waals surface area contributed by atoms with Gasteiger partial charge in [0.25, 0.3) is 5.91 Å². The standard InChI is InChI=1S/C22H20FN9O2/c1-12-7-8-17(30-29-12)28-18-9-16(19(32-31-18)22(33)24-2)27-15-6-4-5-14(20(15)34-3)21-25-10-13(23)11-26-21/h4-11H,1-3H3,(H,24,33)(H2,27,28,30,31)/i2D3. The summed E-state index contributed by atoms with van der Waals surface area (Å²) >= 11 is 0. The Morgan fingerprint density at radius 3 is 2.50 bits per heavy atom. The Morgan fingerprint density at radius 2 is 1.79 bits per heavy atom. The van der Waals surface area contributed by atoms with Crippen LogP contribution in [-0.2, 0) is 0 Å². The minimum absolute atomic E-state index is 0.106. The van der Waals surface area contributed by atoms with E-state index in [4.69, 9.17) is 8.85 Å². The SMILES string of the molecule is [2H]C([2H])([2H])NC(=O)c1nnc(Nc2ccc(C)nn2)cc1Nc1cccc(-c2ncc(F)cn2)c1OC. The number of methoxy groups -OCH3 is 1. The predicted octanol–water partition coefficient (Wildman–Crippen LogP) is 3.03. The van der Waals surface area contributed by atoms with Gasteiger partial charge in [0, 0.05) is 17.2 Å². The summed E-state index contributed by atoms with van der Waals surface area (Å²) in [5, 5.41) is 23.7. The maximum Gasteiger partial charge on any atom is 0.273 e. The number of ether oxygens (including phenoxy) is 1. The number of hydrogen-bond acceptors (Lipinski definition) is 10. The second-order valence-electron chi connectivity index (χ2n) is 6.87. The number of aromatic nitrogens is 6. The number of amides is 1. The first-order chi connectivity index (χ1) is 17.6. The number of aryl methyl sites for hydroxylation is 1. The van der Waals surface area contributed by atoms with Crippen molar-refractivity contribution in [1.82, 2.24) is 35.7 Å². The van der Waals surface area contributed by atoms with Crippen molar-refractivity contribution in [3.63, 3.8) is 0 Å². The smallest absolute Gasteiger partial charge is 0.273 e. The summed E-state index contributed by atoms with van der Waals surface area (Å²) in [7, 11) is 1.42. The van der Waals surface area contributed by atoms with Gasteiger partial charge in [-0.2, -0.15) is 5.10 Å². The molecule has 3 aromatic heterocycles. The lowest BCUT2D eigenvalue weighted by atomic mass is 10.1. The van der Waals surface area contributed by atoms with Crippen molar-refractivity contribution >= 4 is 28.9 Å². The average Bonchev–Trinajstić information content (AvgIpc) is 2.85. The van der Waals surface area contributed by atoms with Crippen molar-refractivity contribution in [2.45, 2.75) is 6.92 Å². The molecule has 0 aliphatic carbocycles. The highest BCUT2D eigenvalue weighted by atomic mass is 19.1. The largest absolute Gasteiger partial charge is 0.494 e. The van der Waals surface area contributed by atoms with Gasteiger partial charge in [0.15, 0.2) is 34.7 Å². The lowest BCUT2D eigenvalue weighted by Gasteiger charge is -2.16. The van der Waals surface area contributed by atoms with Gasteiger partial charge in [-0.3, -0.25) is 4.79 Å². The molecule has 1 aromatic carbocycles. The molecule has 34 heavy (non-hydrogen) atoms. The monoisotopic (exact) mass is 464 g/mol. The Labute approximate surface area is 198 Å². The predicted molar refractivity (Wildman–Crippen MR) is 123 cm³/mol. The highest BCUT2D eigenvalue weighted by molar-refractivity contribution is 5.99. The Kier molecular flexibility index (Phi) is 5.42. The summed E-state index contributed by atoms with van der Waals surface area (Å²) in [6, 6.07) is 9.87. The second kappa shape index (κ2) is 9.81. The van der Waals surface area contributed by atoms with Crippen LogP contribution in [0.1, 0.15) is 20.3 Å². The van der Waals surface area contributed by atoms with Gasteiger partial charge in [-0.1, -0.05) is 6.07 Å². The van der Waals surface area contributed by atoms with Gasteiger partial charge in [0.05, 0.1) is 42.1 Å². The van der Waals surface area contributed by atoms with Crippen LogP contribution in [-0.4, -0.2) is 50.4 Å². The normalized spacial score (nSPS) is 12.1. The van der Waals surface area contributed by atoms with Crippen LogP contribution in [0.5, 0.6) is 5.75 Å². The van der Waals surface area contributed by atoms with Gasteiger partial charge in [-0.05, 0) is 31.2 Å². The first-order valence-corrected chi connectivity index (χ1v) is 9.82. The van der Waals surface area contributed by atoms with Gasteiger partial charge in [-0.25, -0.2) is 14.4 Å². The number of carbonyl (C=O) groups excluding carboxylic acids is 1. The zero-order valence-corrected chi connectivity index (χ0v) is 18.0. The van der Waals surface area contributed by atoms with E-state index < -0.39 is 18.7 Å². The summed E-state index contributed by atoms with van der Waals surface area (Å²) in [6.07, 6.45) is 2.05. The van der Waals surface area contributed by atoms with Gasteiger partial charge in [-0.15, -0.1) is 15.3 Å². The molecule has 3 heterocycles. The fraction of sp³-hybridized carbons (Fsp3) is 0.136. The number of para-hydroxylation sites is 1. The van der Waals surface area contributed by atoms with Crippen LogP contribution in [0, 0.1) is 12.7 Å². The molecule has 0 aliphatic rings. The molecule has 0 spiro atoms. The van der Waals surface area contributed by atoms with E-state index in [-0.39, 0.29) is 28.8 Å². The Balaban J connectivity index is 1.75. The van der Waals surface area contributed by atoms with E-state index in [0.29, 0.717) is 22.8 Å². The first-order valence-electron chi connectivity index (χ1n) is 11.3. The molecule has 0 atom stereocenters. The number of rotatable bonds is 7. The summed E-state index contributed by atoms with van der Waals surface area (Å²) in [4.78, 5) is 20.7. The molecule has 0 unspecified atom stereocenters. The third-order valence-corrected chi connectivity index (χ3v) is 4.53. The highest BCUT2D eigenvalue weighted by Crippen LogP contribution is 2.37. The van der Waals surface area contributed by atoms with Crippen molar-refractivity contribution in [1.29, 1.82) is 0 Å². The molecule has 0 aliphatic heterocycles. The maximum absolute atomic E-state index is 13.3. The summed E-state index contributed by atoms with van der Waals surface area (Å²) in [5.74, 6) is -0.513. The van der Waals surface area contributed by atoms with E-state index >= 15 is 0 Å². The summed E-state index contributed by atoms with van der Waals surface area (Å²) in [6.45, 7) is -0.961. The Morgan fingerprint density at radius 1 is 1.00 bits per heavy atom. The van der Waals surface area contributed by atoms with Crippen molar-refractivity contribution < 1.29 is 18.0 Å². The third-order valence-electron chi connectivity index (χ3n) is 4.53. The average molecular weight is 464 g/mol. The first kappa shape index (κ1) is 18.8. The molecule has 4 aromatic rings. The maximum atomic E-state index is 13.3. The molecule has 12 heteroatoms. The molecule has 3 N–H and O–H groups in total. The van der Waals surface area contributed by atoms with E-state index in [1.54, 1.807) is 37.3 Å². The van der Waals surface area contributed by atoms with E-state index in [9.17, 15) is 9.18 Å². The minimum Gasteiger partial charge on any atom is -0.494 e. The second-order valence-corrected chi connectivity index (χ2v) is 6.87. The Bertz CT molecular complexity index is 1420. The molecular weight excluding hydrogens is 441 g/mol. The van der Waals surface area contributed by atoms with Crippen molar-refractivity contribution in [3.8, 4) is 17.1 Å². The lowest BCUT2D eigenvalue weighted by Crippen LogP contribution is -2.21. The van der Waals surface area contributed by atoms with Crippen LogP contribution in [0.3, 0.4) is 0 Å². The molecule has 172 valence electrons. The van der Waals surface area contributed by atoms with Crippen molar-refractivity contribution in [2.24, 2.45) is 0 Å². The van der Waals surface area contributed by atoms with Crippen LogP contribution in [0.4, 0.5) is 27.4 Å². The zero-order chi connectivity index (χ0) is 26.6. The molecular formula is C22H20FN9O2. The Hall–Kier alpha value is -4.74. The number of nitrogens with zero attached hydrogens (tertiary/aromatic N) is 6. The van der Waals surface area contributed by atoms with Crippen molar-refractivity contribution in [2.75, 3.05) is 24.7 Å². The highest BCUT2D eigenvalue weighted by Gasteiger charge is 2.19. The number of benzene rings is 1. The molecule has 0 radical (unpaired) electrons. The fourth-order valence-electron chi connectivity index (χ4n) is 3.00. The quantitative estimate of drug-likeness (QED) is 0.374. The summed E-state index contributed by atoms with van der Waals surface area (Å²) < 4.78 is 41.0. The third kappa shape index (κ3) is 4.85. The molecule has 4 rings (SSSR count). The molecule has 0 saturated heterocycles. The van der Waals surface area contributed by atoms with E-state index in [1.807, 2.05) is 5.32 Å². The van der Waals surface area contributed by atoms with Gasteiger partial charge in [0.2, 0.25) is 0 Å². The lowest BCUT2D eigenvalue weighted by molar-refractivity contribution is 0.0958. The number of hydrogen-bond donors (Lipinski definition) is 3. The molecule has 0 saturated carbocycles.